The van der Waals surface area contributed by atoms with Crippen LogP contribution in [0.1, 0.15) is 22.8 Å². The second-order valence-corrected chi connectivity index (χ2v) is 4.68. The fourth-order valence-electron chi connectivity index (χ4n) is 2.13. The molecule has 0 aliphatic carbocycles. The van der Waals surface area contributed by atoms with Crippen LogP contribution in [-0.4, -0.2) is 36.5 Å². The summed E-state index contributed by atoms with van der Waals surface area (Å²) >= 11 is 0. The van der Waals surface area contributed by atoms with Crippen LogP contribution in [0, 0.1) is 0 Å². The number of benzene rings is 1. The number of nitrogens with one attached hydrogen (secondary N) is 1. The first-order chi connectivity index (χ1) is 8.88. The van der Waals surface area contributed by atoms with Gasteiger partial charge in [-0.15, -0.1) is 0 Å². The third kappa shape index (κ3) is 3.26. The summed E-state index contributed by atoms with van der Waals surface area (Å²) in [5.41, 5.74) is -0.703. The molecule has 0 unspecified atom stereocenters. The van der Waals surface area contributed by atoms with E-state index in [2.05, 4.69) is 5.32 Å². The SMILES string of the molecule is C[C@H]1CN(C(=O)c2cccc(C(F)(F)F)c2)CCN1. The van der Waals surface area contributed by atoms with Gasteiger partial charge in [-0.05, 0) is 25.1 Å². The Morgan fingerprint density at radius 2 is 2.16 bits per heavy atom. The first-order valence-corrected chi connectivity index (χ1v) is 6.08. The average molecular weight is 272 g/mol. The molecule has 2 rings (SSSR count). The molecule has 1 amide bonds. The molecule has 0 aromatic heterocycles. The largest absolute Gasteiger partial charge is 0.416 e. The predicted molar refractivity (Wildman–Crippen MR) is 64.8 cm³/mol. The summed E-state index contributed by atoms with van der Waals surface area (Å²) in [7, 11) is 0. The van der Waals surface area contributed by atoms with Crippen molar-refractivity contribution < 1.29 is 18.0 Å². The summed E-state index contributed by atoms with van der Waals surface area (Å²) in [4.78, 5) is 13.7. The zero-order chi connectivity index (χ0) is 14.0. The molecule has 1 atom stereocenters. The van der Waals surface area contributed by atoms with Gasteiger partial charge in [-0.25, -0.2) is 0 Å². The van der Waals surface area contributed by atoms with Gasteiger partial charge in [-0.1, -0.05) is 6.07 Å². The van der Waals surface area contributed by atoms with E-state index in [0.29, 0.717) is 19.6 Å². The minimum absolute atomic E-state index is 0.0870. The minimum atomic E-state index is -4.42. The molecule has 0 bridgehead atoms. The molecule has 3 nitrogen and oxygen atoms in total. The van der Waals surface area contributed by atoms with Gasteiger partial charge in [-0.2, -0.15) is 13.2 Å². The molecule has 6 heteroatoms. The first kappa shape index (κ1) is 13.9. The summed E-state index contributed by atoms with van der Waals surface area (Å²) in [6.45, 7) is 3.62. The summed E-state index contributed by atoms with van der Waals surface area (Å²) < 4.78 is 37.8. The van der Waals surface area contributed by atoms with E-state index < -0.39 is 11.7 Å². The van der Waals surface area contributed by atoms with E-state index in [9.17, 15) is 18.0 Å². The zero-order valence-electron chi connectivity index (χ0n) is 10.5. The fraction of sp³-hybridized carbons (Fsp3) is 0.462. The number of alkyl halides is 3. The molecular formula is C13H15F3N2O. The highest BCUT2D eigenvalue weighted by Gasteiger charge is 2.31. The molecule has 0 radical (unpaired) electrons. The van der Waals surface area contributed by atoms with Crippen LogP contribution >= 0.6 is 0 Å². The Labute approximate surface area is 109 Å². The zero-order valence-corrected chi connectivity index (χ0v) is 10.5. The Balaban J connectivity index is 2.19. The highest BCUT2D eigenvalue weighted by atomic mass is 19.4. The van der Waals surface area contributed by atoms with Crippen molar-refractivity contribution in [2.45, 2.75) is 19.1 Å². The number of piperazine rings is 1. The van der Waals surface area contributed by atoms with E-state index in [4.69, 9.17) is 0 Å². The highest BCUT2D eigenvalue weighted by Crippen LogP contribution is 2.29. The normalized spacial score (nSPS) is 20.4. The molecule has 1 saturated heterocycles. The van der Waals surface area contributed by atoms with Gasteiger partial charge in [0, 0.05) is 31.2 Å². The summed E-state index contributed by atoms with van der Waals surface area (Å²) in [6, 6.07) is 4.72. The Morgan fingerprint density at radius 1 is 1.42 bits per heavy atom. The number of carbonyl (C=O) groups excluding carboxylic acids is 1. The van der Waals surface area contributed by atoms with Crippen LogP contribution in [0.4, 0.5) is 13.2 Å². The second kappa shape index (κ2) is 5.21. The van der Waals surface area contributed by atoms with Crippen molar-refractivity contribution in [2.24, 2.45) is 0 Å². The number of halogens is 3. The third-order valence-electron chi connectivity index (χ3n) is 3.09. The van der Waals surface area contributed by atoms with Crippen LogP contribution in [0.5, 0.6) is 0 Å². The molecule has 1 aromatic carbocycles. The van der Waals surface area contributed by atoms with E-state index >= 15 is 0 Å². The quantitative estimate of drug-likeness (QED) is 0.849. The van der Waals surface area contributed by atoms with Gasteiger partial charge in [0.2, 0.25) is 0 Å². The molecule has 1 aromatic rings. The van der Waals surface area contributed by atoms with Gasteiger partial charge >= 0.3 is 6.18 Å². The summed E-state index contributed by atoms with van der Waals surface area (Å²) in [5.74, 6) is -0.348. The van der Waals surface area contributed by atoms with Gasteiger partial charge < -0.3 is 10.2 Å². The predicted octanol–water partition coefficient (Wildman–Crippen LogP) is 2.14. The van der Waals surface area contributed by atoms with E-state index in [1.54, 1.807) is 4.90 Å². The van der Waals surface area contributed by atoms with Gasteiger partial charge in [0.1, 0.15) is 0 Å². The maximum atomic E-state index is 12.6. The Bertz CT molecular complexity index is 473. The molecule has 1 N–H and O–H groups in total. The maximum Gasteiger partial charge on any atom is 0.416 e. The summed E-state index contributed by atoms with van der Waals surface area (Å²) in [6.07, 6.45) is -4.42. The lowest BCUT2D eigenvalue weighted by molar-refractivity contribution is -0.137. The van der Waals surface area contributed by atoms with Crippen LogP contribution in [0.25, 0.3) is 0 Å². The number of rotatable bonds is 1. The molecule has 19 heavy (non-hydrogen) atoms. The number of hydrogen-bond donors (Lipinski definition) is 1. The third-order valence-corrected chi connectivity index (χ3v) is 3.09. The second-order valence-electron chi connectivity index (χ2n) is 4.68. The van der Waals surface area contributed by atoms with E-state index in [-0.39, 0.29) is 17.5 Å². The lowest BCUT2D eigenvalue weighted by Gasteiger charge is -2.32. The minimum Gasteiger partial charge on any atom is -0.336 e. The monoisotopic (exact) mass is 272 g/mol. The van der Waals surface area contributed by atoms with Gasteiger partial charge in [0.15, 0.2) is 0 Å². The van der Waals surface area contributed by atoms with Crippen molar-refractivity contribution in [1.29, 1.82) is 0 Å². The first-order valence-electron chi connectivity index (χ1n) is 6.08. The molecule has 1 aliphatic heterocycles. The fourth-order valence-corrected chi connectivity index (χ4v) is 2.13. The van der Waals surface area contributed by atoms with E-state index in [1.165, 1.54) is 12.1 Å². The van der Waals surface area contributed by atoms with Crippen molar-refractivity contribution in [3.05, 3.63) is 35.4 Å². The number of nitrogens with zero attached hydrogens (tertiary/aromatic N) is 1. The Morgan fingerprint density at radius 3 is 2.79 bits per heavy atom. The summed E-state index contributed by atoms with van der Waals surface area (Å²) in [5, 5.41) is 3.18. The molecule has 1 fully saturated rings. The van der Waals surface area contributed by atoms with Gasteiger partial charge in [-0.3, -0.25) is 4.79 Å². The molecule has 0 saturated carbocycles. The van der Waals surface area contributed by atoms with Crippen molar-refractivity contribution in [1.82, 2.24) is 10.2 Å². The van der Waals surface area contributed by atoms with Crippen molar-refractivity contribution in [3.8, 4) is 0 Å². The standard InChI is InChI=1S/C13H15F3N2O/c1-9-8-18(6-5-17-9)12(19)10-3-2-4-11(7-10)13(14,15)16/h2-4,7,9,17H,5-6,8H2,1H3/t9-/m0/s1. The average Bonchev–Trinajstić information content (AvgIpc) is 2.37. The number of hydrogen-bond acceptors (Lipinski definition) is 2. The van der Waals surface area contributed by atoms with Crippen LogP contribution in [0.3, 0.4) is 0 Å². The van der Waals surface area contributed by atoms with Crippen molar-refractivity contribution in [2.75, 3.05) is 19.6 Å². The van der Waals surface area contributed by atoms with Crippen LogP contribution in [0.15, 0.2) is 24.3 Å². The number of carbonyl (C=O) groups is 1. The molecule has 0 spiro atoms. The van der Waals surface area contributed by atoms with Crippen LogP contribution in [-0.2, 0) is 6.18 Å². The van der Waals surface area contributed by atoms with Crippen LogP contribution in [0.2, 0.25) is 0 Å². The molecular weight excluding hydrogens is 257 g/mol. The smallest absolute Gasteiger partial charge is 0.336 e. The lowest BCUT2D eigenvalue weighted by Crippen LogP contribution is -2.51. The van der Waals surface area contributed by atoms with Crippen molar-refractivity contribution >= 4 is 5.91 Å². The maximum absolute atomic E-state index is 12.6. The molecule has 1 aliphatic rings. The Kier molecular flexibility index (Phi) is 3.80. The van der Waals surface area contributed by atoms with E-state index in [0.717, 1.165) is 12.1 Å². The molecule has 104 valence electrons. The van der Waals surface area contributed by atoms with Gasteiger partial charge in [0.05, 0.1) is 5.56 Å². The lowest BCUT2D eigenvalue weighted by atomic mass is 10.1. The Hall–Kier alpha value is -1.56. The van der Waals surface area contributed by atoms with Crippen molar-refractivity contribution in [3.63, 3.8) is 0 Å². The van der Waals surface area contributed by atoms with Gasteiger partial charge in [0.25, 0.3) is 5.91 Å². The number of amides is 1. The topological polar surface area (TPSA) is 32.3 Å². The highest BCUT2D eigenvalue weighted by molar-refractivity contribution is 5.94. The van der Waals surface area contributed by atoms with E-state index in [1.807, 2.05) is 6.92 Å². The molecule has 1 heterocycles. The van der Waals surface area contributed by atoms with Crippen LogP contribution < -0.4 is 5.32 Å².